The van der Waals surface area contributed by atoms with Gasteiger partial charge in [0.2, 0.25) is 0 Å². The van der Waals surface area contributed by atoms with Crippen LogP contribution in [0.15, 0.2) is 48.0 Å². The quantitative estimate of drug-likeness (QED) is 0.671. The Balaban J connectivity index is 1.44. The minimum Gasteiger partial charge on any atom is -0.497 e. The molecule has 5 heteroatoms. The molecule has 3 aromatic rings. The smallest absolute Gasteiger partial charge is 0.118 e. The Hall–Kier alpha value is -2.11. The zero-order valence-corrected chi connectivity index (χ0v) is 13.2. The average Bonchev–Trinajstić information content (AvgIpc) is 3.04. The summed E-state index contributed by atoms with van der Waals surface area (Å²) in [4.78, 5) is 4.33. The predicted octanol–water partition coefficient (Wildman–Crippen LogP) is 3.93. The summed E-state index contributed by atoms with van der Waals surface area (Å²) in [6.45, 7) is 2.03. The number of fused-ring (bicyclic) bond motifs is 1. The monoisotopic (exact) mass is 314 g/mol. The van der Waals surface area contributed by atoms with E-state index in [1.54, 1.807) is 18.4 Å². The van der Waals surface area contributed by atoms with Crippen molar-refractivity contribution in [2.75, 3.05) is 25.6 Å². The third-order valence-corrected chi connectivity index (χ3v) is 4.27. The molecule has 0 aliphatic heterocycles. The molecule has 0 atom stereocenters. The van der Waals surface area contributed by atoms with Crippen LogP contribution in [0.25, 0.3) is 10.2 Å². The van der Waals surface area contributed by atoms with Gasteiger partial charge >= 0.3 is 0 Å². The number of pyridine rings is 1. The van der Waals surface area contributed by atoms with Crippen LogP contribution >= 0.6 is 11.3 Å². The van der Waals surface area contributed by atoms with Crippen molar-refractivity contribution in [3.05, 3.63) is 53.5 Å². The van der Waals surface area contributed by atoms with Gasteiger partial charge in [-0.05, 0) is 35.2 Å². The van der Waals surface area contributed by atoms with Gasteiger partial charge in [0.25, 0.3) is 0 Å². The standard InChI is InChI=1S/C17H18N2O2S/c1-20-14-4-2-13(3-5-14)12-21-10-9-19-15-6-8-18-16-7-11-22-17(15)16/h2-8,11H,9-10,12H2,1H3,(H,18,19). The number of aromatic nitrogens is 1. The number of methoxy groups -OCH3 is 1. The Bertz CT molecular complexity index is 725. The number of hydrogen-bond donors (Lipinski definition) is 1. The molecule has 0 aliphatic rings. The lowest BCUT2D eigenvalue weighted by atomic mass is 10.2. The zero-order valence-electron chi connectivity index (χ0n) is 12.4. The highest BCUT2D eigenvalue weighted by molar-refractivity contribution is 7.17. The summed E-state index contributed by atoms with van der Waals surface area (Å²) >= 11 is 1.70. The van der Waals surface area contributed by atoms with Crippen molar-refractivity contribution < 1.29 is 9.47 Å². The highest BCUT2D eigenvalue weighted by Gasteiger charge is 2.02. The highest BCUT2D eigenvalue weighted by Crippen LogP contribution is 2.26. The zero-order chi connectivity index (χ0) is 15.2. The highest BCUT2D eigenvalue weighted by atomic mass is 32.1. The van der Waals surface area contributed by atoms with Gasteiger partial charge in [-0.1, -0.05) is 12.1 Å². The summed E-state index contributed by atoms with van der Waals surface area (Å²) in [6, 6.07) is 12.0. The Kier molecular flexibility index (Phi) is 4.88. The lowest BCUT2D eigenvalue weighted by molar-refractivity contribution is 0.130. The van der Waals surface area contributed by atoms with E-state index >= 15 is 0 Å². The summed E-state index contributed by atoms with van der Waals surface area (Å²) in [5.74, 6) is 0.864. The van der Waals surface area contributed by atoms with E-state index in [1.165, 1.54) is 4.70 Å². The fourth-order valence-electron chi connectivity index (χ4n) is 2.18. The summed E-state index contributed by atoms with van der Waals surface area (Å²) < 4.78 is 12.0. The Morgan fingerprint density at radius 1 is 1.14 bits per heavy atom. The molecule has 0 saturated heterocycles. The minimum absolute atomic E-state index is 0.608. The van der Waals surface area contributed by atoms with Crippen molar-refractivity contribution in [3.63, 3.8) is 0 Å². The van der Waals surface area contributed by atoms with E-state index in [0.29, 0.717) is 13.2 Å². The van der Waals surface area contributed by atoms with E-state index in [0.717, 1.165) is 29.1 Å². The van der Waals surface area contributed by atoms with Crippen LogP contribution in [0.3, 0.4) is 0 Å². The lowest BCUT2D eigenvalue weighted by Gasteiger charge is -2.08. The Morgan fingerprint density at radius 2 is 2.00 bits per heavy atom. The molecule has 2 heterocycles. The maximum atomic E-state index is 5.69. The van der Waals surface area contributed by atoms with Crippen molar-refractivity contribution in [1.29, 1.82) is 0 Å². The molecule has 0 amide bonds. The maximum Gasteiger partial charge on any atom is 0.118 e. The molecule has 3 rings (SSSR count). The number of anilines is 1. The normalized spacial score (nSPS) is 10.8. The largest absolute Gasteiger partial charge is 0.497 e. The Labute approximate surface area is 133 Å². The molecule has 22 heavy (non-hydrogen) atoms. The molecule has 0 fully saturated rings. The first-order valence-electron chi connectivity index (χ1n) is 7.13. The van der Waals surface area contributed by atoms with Gasteiger partial charge in [0, 0.05) is 12.7 Å². The minimum atomic E-state index is 0.608. The number of nitrogens with zero attached hydrogens (tertiary/aromatic N) is 1. The number of hydrogen-bond acceptors (Lipinski definition) is 5. The van der Waals surface area contributed by atoms with Crippen LogP contribution < -0.4 is 10.1 Å². The molecule has 2 aromatic heterocycles. The second-order valence-electron chi connectivity index (χ2n) is 4.82. The number of rotatable bonds is 7. The fourth-order valence-corrected chi connectivity index (χ4v) is 3.02. The Morgan fingerprint density at radius 3 is 2.82 bits per heavy atom. The fraction of sp³-hybridized carbons (Fsp3) is 0.235. The van der Waals surface area contributed by atoms with Crippen molar-refractivity contribution in [3.8, 4) is 5.75 Å². The first-order chi connectivity index (χ1) is 10.9. The molecular weight excluding hydrogens is 296 g/mol. The molecule has 0 spiro atoms. The van der Waals surface area contributed by atoms with Gasteiger partial charge in [-0.25, -0.2) is 0 Å². The van der Waals surface area contributed by atoms with Gasteiger partial charge in [0.15, 0.2) is 0 Å². The van der Waals surface area contributed by atoms with Crippen molar-refractivity contribution >= 4 is 27.2 Å². The van der Waals surface area contributed by atoms with E-state index in [9.17, 15) is 0 Å². The number of ether oxygens (including phenoxy) is 2. The van der Waals surface area contributed by atoms with E-state index in [4.69, 9.17) is 9.47 Å². The lowest BCUT2D eigenvalue weighted by Crippen LogP contribution is -2.09. The molecule has 0 bridgehead atoms. The number of benzene rings is 1. The predicted molar refractivity (Wildman–Crippen MR) is 90.8 cm³/mol. The van der Waals surface area contributed by atoms with E-state index < -0.39 is 0 Å². The van der Waals surface area contributed by atoms with E-state index in [1.807, 2.05) is 42.6 Å². The molecule has 4 nitrogen and oxygen atoms in total. The van der Waals surface area contributed by atoms with Crippen molar-refractivity contribution in [2.24, 2.45) is 0 Å². The third-order valence-electron chi connectivity index (χ3n) is 3.33. The summed E-state index contributed by atoms with van der Waals surface area (Å²) in [5.41, 5.74) is 3.30. The van der Waals surface area contributed by atoms with Gasteiger partial charge in [-0.2, -0.15) is 0 Å². The summed E-state index contributed by atoms with van der Waals surface area (Å²) in [6.07, 6.45) is 1.83. The van der Waals surface area contributed by atoms with Gasteiger partial charge in [0.05, 0.1) is 36.2 Å². The van der Waals surface area contributed by atoms with Crippen LogP contribution in [0.1, 0.15) is 5.56 Å². The topological polar surface area (TPSA) is 43.4 Å². The van der Waals surface area contributed by atoms with Crippen LogP contribution in [0.5, 0.6) is 5.75 Å². The maximum absolute atomic E-state index is 5.69. The molecule has 0 radical (unpaired) electrons. The van der Waals surface area contributed by atoms with Crippen LogP contribution in [-0.4, -0.2) is 25.2 Å². The SMILES string of the molecule is COc1ccc(COCCNc2ccnc3ccsc23)cc1. The first-order valence-corrected chi connectivity index (χ1v) is 8.01. The van der Waals surface area contributed by atoms with Gasteiger partial charge in [-0.3, -0.25) is 4.98 Å². The van der Waals surface area contributed by atoms with Crippen LogP contribution in [0.2, 0.25) is 0 Å². The molecule has 1 aromatic carbocycles. The van der Waals surface area contributed by atoms with Crippen molar-refractivity contribution in [1.82, 2.24) is 4.98 Å². The van der Waals surface area contributed by atoms with Crippen LogP contribution in [-0.2, 0) is 11.3 Å². The average molecular weight is 314 g/mol. The van der Waals surface area contributed by atoms with E-state index in [2.05, 4.69) is 15.7 Å². The van der Waals surface area contributed by atoms with Crippen molar-refractivity contribution in [2.45, 2.75) is 6.61 Å². The first kappa shape index (κ1) is 14.8. The molecule has 0 aliphatic carbocycles. The second kappa shape index (κ2) is 7.24. The summed E-state index contributed by atoms with van der Waals surface area (Å²) in [5, 5.41) is 5.46. The number of thiophene rings is 1. The summed E-state index contributed by atoms with van der Waals surface area (Å²) in [7, 11) is 1.67. The van der Waals surface area contributed by atoms with Gasteiger partial charge in [0.1, 0.15) is 5.75 Å². The molecule has 0 unspecified atom stereocenters. The molecule has 1 N–H and O–H groups in total. The van der Waals surface area contributed by atoms with Gasteiger partial charge < -0.3 is 14.8 Å². The van der Waals surface area contributed by atoms with Crippen LogP contribution in [0, 0.1) is 0 Å². The number of nitrogens with one attached hydrogen (secondary N) is 1. The van der Waals surface area contributed by atoms with Crippen LogP contribution in [0.4, 0.5) is 5.69 Å². The molecular formula is C17H18N2O2S. The van der Waals surface area contributed by atoms with E-state index in [-0.39, 0.29) is 0 Å². The molecule has 114 valence electrons. The third kappa shape index (κ3) is 3.55. The second-order valence-corrected chi connectivity index (χ2v) is 5.74. The molecule has 0 saturated carbocycles. The van der Waals surface area contributed by atoms with Gasteiger partial charge in [-0.15, -0.1) is 11.3 Å².